The molecule has 3 aromatic rings. The van der Waals surface area contributed by atoms with Crippen molar-refractivity contribution in [3.05, 3.63) is 37.6 Å². The molecule has 164 valence electrons. The van der Waals surface area contributed by atoms with Gasteiger partial charge in [0.2, 0.25) is 5.88 Å². The lowest BCUT2D eigenvalue weighted by Gasteiger charge is -2.06. The second-order valence-electron chi connectivity index (χ2n) is 7.35. The van der Waals surface area contributed by atoms with Crippen LogP contribution in [0.2, 0.25) is 0 Å². The molecule has 0 spiro atoms. The first-order chi connectivity index (χ1) is 15.0. The second-order valence-corrected chi connectivity index (χ2v) is 9.48. The standard InChI is InChI=1S/C21H24N4O4S2/c1-11-16-20(29-3)22-15(10-28-2)23-21(16)31-17(11)19(27)25-24-18(26)14-9-12-7-5-4-6-8-13(12)30-14/h9H,4-8,10H2,1-3H3,(H,24,26)(H,25,27). The van der Waals surface area contributed by atoms with Gasteiger partial charge < -0.3 is 9.47 Å². The number of rotatable bonds is 5. The van der Waals surface area contributed by atoms with E-state index in [2.05, 4.69) is 20.8 Å². The fourth-order valence-corrected chi connectivity index (χ4v) is 5.95. The summed E-state index contributed by atoms with van der Waals surface area (Å²) < 4.78 is 10.5. The van der Waals surface area contributed by atoms with Crippen LogP contribution in [-0.4, -0.2) is 36.0 Å². The number of nitrogens with one attached hydrogen (secondary N) is 2. The Labute approximate surface area is 188 Å². The Kier molecular flexibility index (Phi) is 6.49. The van der Waals surface area contributed by atoms with E-state index >= 15 is 0 Å². The summed E-state index contributed by atoms with van der Waals surface area (Å²) in [6.45, 7) is 2.05. The summed E-state index contributed by atoms with van der Waals surface area (Å²) in [4.78, 5) is 37.2. The molecule has 0 unspecified atom stereocenters. The third kappa shape index (κ3) is 4.41. The van der Waals surface area contributed by atoms with Gasteiger partial charge >= 0.3 is 0 Å². The lowest BCUT2D eigenvalue weighted by molar-refractivity contribution is 0.0851. The number of hydrazine groups is 1. The molecule has 0 fully saturated rings. The largest absolute Gasteiger partial charge is 0.480 e. The van der Waals surface area contributed by atoms with Crippen LogP contribution in [0.25, 0.3) is 10.2 Å². The Balaban J connectivity index is 1.50. The molecule has 0 bridgehead atoms. The normalized spacial score (nSPS) is 13.5. The molecule has 2 amide bonds. The van der Waals surface area contributed by atoms with Crippen molar-refractivity contribution in [2.24, 2.45) is 0 Å². The summed E-state index contributed by atoms with van der Waals surface area (Å²) in [6, 6.07) is 1.95. The molecular weight excluding hydrogens is 436 g/mol. The summed E-state index contributed by atoms with van der Waals surface area (Å²) >= 11 is 2.74. The van der Waals surface area contributed by atoms with Gasteiger partial charge in [0.15, 0.2) is 5.82 Å². The quantitative estimate of drug-likeness (QED) is 0.446. The van der Waals surface area contributed by atoms with E-state index in [4.69, 9.17) is 9.47 Å². The molecule has 0 saturated heterocycles. The Morgan fingerprint density at radius 1 is 1.06 bits per heavy atom. The molecule has 0 saturated carbocycles. The fourth-order valence-electron chi connectivity index (χ4n) is 3.71. The molecule has 1 aliphatic rings. The van der Waals surface area contributed by atoms with E-state index in [-0.39, 0.29) is 12.5 Å². The van der Waals surface area contributed by atoms with Crippen LogP contribution >= 0.6 is 22.7 Å². The minimum absolute atomic E-state index is 0.242. The summed E-state index contributed by atoms with van der Waals surface area (Å²) in [5.74, 6) is 0.173. The van der Waals surface area contributed by atoms with E-state index < -0.39 is 5.91 Å². The van der Waals surface area contributed by atoms with Gasteiger partial charge in [0.05, 0.1) is 22.3 Å². The number of nitrogens with zero attached hydrogens (tertiary/aromatic N) is 2. The highest BCUT2D eigenvalue weighted by Crippen LogP contribution is 2.35. The zero-order chi connectivity index (χ0) is 22.0. The highest BCUT2D eigenvalue weighted by molar-refractivity contribution is 7.20. The monoisotopic (exact) mass is 460 g/mol. The first-order valence-electron chi connectivity index (χ1n) is 10.1. The van der Waals surface area contributed by atoms with Gasteiger partial charge in [-0.3, -0.25) is 20.4 Å². The van der Waals surface area contributed by atoms with Gasteiger partial charge in [-0.15, -0.1) is 22.7 Å². The number of hydrogen-bond acceptors (Lipinski definition) is 8. The van der Waals surface area contributed by atoms with Gasteiger partial charge in [-0.2, -0.15) is 4.98 Å². The minimum Gasteiger partial charge on any atom is -0.480 e. The minimum atomic E-state index is -0.401. The van der Waals surface area contributed by atoms with Crippen molar-refractivity contribution in [3.63, 3.8) is 0 Å². The van der Waals surface area contributed by atoms with Gasteiger partial charge in [0, 0.05) is 12.0 Å². The highest BCUT2D eigenvalue weighted by atomic mass is 32.1. The molecule has 1 aliphatic carbocycles. The fraction of sp³-hybridized carbons (Fsp3) is 0.429. The number of amides is 2. The topological polar surface area (TPSA) is 102 Å². The maximum absolute atomic E-state index is 12.8. The summed E-state index contributed by atoms with van der Waals surface area (Å²) in [5, 5.41) is 0.686. The number of aryl methyl sites for hydroxylation is 3. The van der Waals surface area contributed by atoms with E-state index in [0.29, 0.717) is 37.2 Å². The molecule has 4 rings (SSSR count). The first-order valence-corrected chi connectivity index (χ1v) is 11.7. The number of fused-ring (bicyclic) bond motifs is 2. The van der Waals surface area contributed by atoms with E-state index in [1.165, 1.54) is 46.6 Å². The van der Waals surface area contributed by atoms with Gasteiger partial charge in [0.25, 0.3) is 11.8 Å². The third-order valence-corrected chi connectivity index (χ3v) is 7.66. The van der Waals surface area contributed by atoms with Crippen LogP contribution in [0.15, 0.2) is 6.07 Å². The Morgan fingerprint density at radius 2 is 1.84 bits per heavy atom. The number of methoxy groups -OCH3 is 2. The Hall–Kier alpha value is -2.56. The predicted octanol–water partition coefficient (Wildman–Crippen LogP) is 3.56. The predicted molar refractivity (Wildman–Crippen MR) is 120 cm³/mol. The van der Waals surface area contributed by atoms with Gasteiger partial charge in [-0.1, -0.05) is 6.42 Å². The summed E-state index contributed by atoms with van der Waals surface area (Å²) in [5.41, 5.74) is 7.04. The molecule has 3 aromatic heterocycles. The Morgan fingerprint density at radius 3 is 2.61 bits per heavy atom. The van der Waals surface area contributed by atoms with Crippen molar-refractivity contribution >= 4 is 44.7 Å². The van der Waals surface area contributed by atoms with Crippen LogP contribution in [0.5, 0.6) is 5.88 Å². The number of carbonyl (C=O) groups is 2. The SMILES string of the molecule is COCc1nc(OC)c2c(C)c(C(=O)NNC(=O)c3cc4c(s3)CCCCC4)sc2n1. The van der Waals surface area contributed by atoms with Crippen molar-refractivity contribution < 1.29 is 19.1 Å². The molecule has 8 nitrogen and oxygen atoms in total. The molecule has 3 heterocycles. The van der Waals surface area contributed by atoms with Crippen LogP contribution < -0.4 is 15.6 Å². The van der Waals surface area contributed by atoms with Gasteiger partial charge in [0.1, 0.15) is 11.4 Å². The molecule has 0 aromatic carbocycles. The molecule has 10 heteroatoms. The molecule has 0 radical (unpaired) electrons. The van der Waals surface area contributed by atoms with Crippen LogP contribution in [0.1, 0.15) is 60.4 Å². The van der Waals surface area contributed by atoms with Crippen molar-refractivity contribution in [1.29, 1.82) is 0 Å². The summed E-state index contributed by atoms with van der Waals surface area (Å²) in [7, 11) is 3.09. The lowest BCUT2D eigenvalue weighted by Crippen LogP contribution is -2.41. The molecule has 0 atom stereocenters. The second kappa shape index (κ2) is 9.29. The summed E-state index contributed by atoms with van der Waals surface area (Å²) in [6.07, 6.45) is 5.59. The third-order valence-electron chi connectivity index (χ3n) is 5.24. The molecule has 31 heavy (non-hydrogen) atoms. The van der Waals surface area contributed by atoms with Crippen molar-refractivity contribution in [1.82, 2.24) is 20.8 Å². The average molecular weight is 461 g/mol. The maximum Gasteiger partial charge on any atom is 0.280 e. The zero-order valence-corrected chi connectivity index (χ0v) is 19.3. The van der Waals surface area contributed by atoms with Gasteiger partial charge in [-0.25, -0.2) is 4.98 Å². The first kappa shape index (κ1) is 21.7. The average Bonchev–Trinajstić information content (AvgIpc) is 3.25. The highest BCUT2D eigenvalue weighted by Gasteiger charge is 2.22. The van der Waals surface area contributed by atoms with Crippen LogP contribution in [-0.2, 0) is 24.2 Å². The molecular formula is C21H24N4O4S2. The van der Waals surface area contributed by atoms with E-state index in [1.807, 2.05) is 13.0 Å². The van der Waals surface area contributed by atoms with Gasteiger partial charge in [-0.05, 0) is 49.8 Å². The molecule has 0 aliphatic heterocycles. The van der Waals surface area contributed by atoms with Crippen LogP contribution in [0, 0.1) is 6.92 Å². The molecule has 2 N–H and O–H groups in total. The van der Waals surface area contributed by atoms with E-state index in [0.717, 1.165) is 25.7 Å². The van der Waals surface area contributed by atoms with E-state index in [9.17, 15) is 9.59 Å². The van der Waals surface area contributed by atoms with E-state index in [1.54, 1.807) is 7.11 Å². The van der Waals surface area contributed by atoms with Crippen molar-refractivity contribution in [2.75, 3.05) is 14.2 Å². The van der Waals surface area contributed by atoms with Crippen molar-refractivity contribution in [2.45, 2.75) is 45.6 Å². The van der Waals surface area contributed by atoms with Crippen molar-refractivity contribution in [3.8, 4) is 5.88 Å². The number of ether oxygens (including phenoxy) is 2. The smallest absolute Gasteiger partial charge is 0.280 e. The maximum atomic E-state index is 12.8. The number of carbonyl (C=O) groups excluding carboxylic acids is 2. The number of thiophene rings is 2. The number of aromatic nitrogens is 2. The Bertz CT molecular complexity index is 1110. The lowest BCUT2D eigenvalue weighted by atomic mass is 10.1. The number of hydrogen-bond donors (Lipinski definition) is 2. The van der Waals surface area contributed by atoms with Crippen LogP contribution in [0.4, 0.5) is 0 Å². The zero-order valence-electron chi connectivity index (χ0n) is 17.7. The van der Waals surface area contributed by atoms with Crippen LogP contribution in [0.3, 0.4) is 0 Å².